The lowest BCUT2D eigenvalue weighted by atomic mass is 10.2. The second-order valence-electron chi connectivity index (χ2n) is 5.46. The van der Waals surface area contributed by atoms with Crippen molar-refractivity contribution < 1.29 is 4.39 Å². The van der Waals surface area contributed by atoms with E-state index < -0.39 is 0 Å². The van der Waals surface area contributed by atoms with E-state index in [0.717, 1.165) is 20.1 Å². The van der Waals surface area contributed by atoms with Gasteiger partial charge in [-0.05, 0) is 52.3 Å². The van der Waals surface area contributed by atoms with Crippen LogP contribution in [0.3, 0.4) is 0 Å². The van der Waals surface area contributed by atoms with Gasteiger partial charge in [0.1, 0.15) is 11.5 Å². The van der Waals surface area contributed by atoms with Gasteiger partial charge in [0.15, 0.2) is 4.34 Å². The normalized spacial score (nSPS) is 11.2. The van der Waals surface area contributed by atoms with Gasteiger partial charge in [0.25, 0.3) is 5.56 Å². The van der Waals surface area contributed by atoms with Crippen molar-refractivity contribution in [3.8, 4) is 11.3 Å². The van der Waals surface area contributed by atoms with Crippen molar-refractivity contribution in [3.05, 3.63) is 80.4 Å². The minimum atomic E-state index is -0.265. The van der Waals surface area contributed by atoms with Gasteiger partial charge in [-0.2, -0.15) is 0 Å². The van der Waals surface area contributed by atoms with Gasteiger partial charge in [-0.1, -0.05) is 11.8 Å². The highest BCUT2D eigenvalue weighted by molar-refractivity contribution is 9.10. The average Bonchev–Trinajstić information content (AvgIpc) is 3.10. The monoisotopic (exact) mass is 447 g/mol. The minimum Gasteiger partial charge on any atom is -0.269 e. The van der Waals surface area contributed by atoms with Crippen molar-refractivity contribution in [1.29, 1.82) is 0 Å². The van der Waals surface area contributed by atoms with Crippen LogP contribution in [0.25, 0.3) is 16.9 Å². The molecule has 4 rings (SSSR count). The molecule has 0 saturated heterocycles. The van der Waals surface area contributed by atoms with E-state index in [9.17, 15) is 9.18 Å². The number of hydrogen-bond acceptors (Lipinski definition) is 5. The summed E-state index contributed by atoms with van der Waals surface area (Å²) in [6.07, 6.45) is 1.71. The third-order valence-corrected chi connectivity index (χ3v) is 6.17. The van der Waals surface area contributed by atoms with Crippen molar-refractivity contribution >= 4 is 44.7 Å². The first-order valence-electron chi connectivity index (χ1n) is 7.60. The third kappa shape index (κ3) is 3.72. The first kappa shape index (κ1) is 17.4. The zero-order valence-electron chi connectivity index (χ0n) is 13.2. The van der Waals surface area contributed by atoms with E-state index in [-0.39, 0.29) is 11.4 Å². The summed E-state index contributed by atoms with van der Waals surface area (Å²) >= 11 is 6.40. The van der Waals surface area contributed by atoms with Gasteiger partial charge in [-0.3, -0.25) is 9.20 Å². The molecule has 0 fully saturated rings. The molecule has 3 aromatic heterocycles. The number of benzene rings is 1. The Hall–Kier alpha value is -2.03. The number of rotatable bonds is 4. The lowest BCUT2D eigenvalue weighted by Crippen LogP contribution is -2.15. The first-order chi connectivity index (χ1) is 12.6. The summed E-state index contributed by atoms with van der Waals surface area (Å²) < 4.78 is 16.2. The summed E-state index contributed by atoms with van der Waals surface area (Å²) in [4.78, 5) is 21.3. The molecule has 0 aliphatic heterocycles. The van der Waals surface area contributed by atoms with Crippen LogP contribution in [-0.2, 0) is 5.75 Å². The van der Waals surface area contributed by atoms with Crippen LogP contribution in [0.1, 0.15) is 5.69 Å². The Labute approximate surface area is 164 Å². The van der Waals surface area contributed by atoms with Gasteiger partial charge in [0.05, 0.1) is 11.4 Å². The fraction of sp³-hybridized carbons (Fsp3) is 0.0556. The van der Waals surface area contributed by atoms with Gasteiger partial charge in [0.2, 0.25) is 0 Å². The number of pyridine rings is 1. The molecule has 0 saturated carbocycles. The van der Waals surface area contributed by atoms with Crippen LogP contribution < -0.4 is 5.56 Å². The molecule has 0 radical (unpaired) electrons. The van der Waals surface area contributed by atoms with Crippen molar-refractivity contribution in [3.63, 3.8) is 0 Å². The Kier molecular flexibility index (Phi) is 4.88. The molecule has 4 nitrogen and oxygen atoms in total. The molecule has 0 amide bonds. The lowest BCUT2D eigenvalue weighted by Gasteiger charge is -2.03. The molecule has 0 aliphatic carbocycles. The molecule has 0 bridgehead atoms. The summed E-state index contributed by atoms with van der Waals surface area (Å²) in [5.41, 5.74) is 2.90. The van der Waals surface area contributed by atoms with E-state index in [4.69, 9.17) is 0 Å². The highest BCUT2D eigenvalue weighted by Crippen LogP contribution is 2.30. The largest absolute Gasteiger partial charge is 0.269 e. The van der Waals surface area contributed by atoms with Crippen molar-refractivity contribution in [2.75, 3.05) is 0 Å². The molecule has 0 atom stereocenters. The van der Waals surface area contributed by atoms with E-state index >= 15 is 0 Å². The standard InChI is InChI=1S/C18H11BrFN3OS2/c19-12-3-6-16-21-14(7-17(24)23(16)8-12)9-25-18-22-15(10-26-18)11-1-4-13(20)5-2-11/h1-8,10H,9H2. The Morgan fingerprint density at radius 3 is 2.77 bits per heavy atom. The number of fused-ring (bicyclic) bond motifs is 1. The minimum absolute atomic E-state index is 0.113. The maximum Gasteiger partial charge on any atom is 0.258 e. The molecule has 4 aromatic rings. The highest BCUT2D eigenvalue weighted by atomic mass is 79.9. The summed E-state index contributed by atoms with van der Waals surface area (Å²) in [6, 6.07) is 11.5. The molecule has 0 spiro atoms. The smallest absolute Gasteiger partial charge is 0.258 e. The van der Waals surface area contributed by atoms with Crippen molar-refractivity contribution in [1.82, 2.24) is 14.4 Å². The number of thioether (sulfide) groups is 1. The quantitative estimate of drug-likeness (QED) is 0.412. The van der Waals surface area contributed by atoms with Gasteiger partial charge < -0.3 is 0 Å². The van der Waals surface area contributed by atoms with Crippen LogP contribution in [0.15, 0.2) is 67.6 Å². The number of halogens is 2. The number of hydrogen-bond donors (Lipinski definition) is 0. The molecule has 0 N–H and O–H groups in total. The SMILES string of the molecule is O=c1cc(CSc2nc(-c3ccc(F)cc3)cs2)nc2ccc(Br)cn12. The van der Waals surface area contributed by atoms with E-state index in [2.05, 4.69) is 25.9 Å². The summed E-state index contributed by atoms with van der Waals surface area (Å²) in [5, 5.41) is 1.94. The zero-order valence-corrected chi connectivity index (χ0v) is 16.4. The molecule has 3 heterocycles. The zero-order chi connectivity index (χ0) is 18.1. The summed E-state index contributed by atoms with van der Waals surface area (Å²) in [6.45, 7) is 0. The second kappa shape index (κ2) is 7.30. The number of nitrogens with zero attached hydrogens (tertiary/aromatic N) is 3. The van der Waals surface area contributed by atoms with Crippen LogP contribution in [0.5, 0.6) is 0 Å². The molecule has 1 aromatic carbocycles. The first-order valence-corrected chi connectivity index (χ1v) is 10.3. The molecule has 26 heavy (non-hydrogen) atoms. The van der Waals surface area contributed by atoms with E-state index in [0.29, 0.717) is 17.1 Å². The Balaban J connectivity index is 1.52. The van der Waals surface area contributed by atoms with E-state index in [1.54, 1.807) is 30.5 Å². The van der Waals surface area contributed by atoms with E-state index in [1.165, 1.54) is 39.6 Å². The van der Waals surface area contributed by atoms with Crippen LogP contribution in [-0.4, -0.2) is 14.4 Å². The molecular formula is C18H11BrFN3OS2. The molecule has 0 unspecified atom stereocenters. The van der Waals surface area contributed by atoms with Crippen LogP contribution in [0, 0.1) is 5.82 Å². The second-order valence-corrected chi connectivity index (χ2v) is 8.45. The Bertz CT molecular complexity index is 1140. The number of thiazole rings is 1. The van der Waals surface area contributed by atoms with Crippen LogP contribution in [0.4, 0.5) is 4.39 Å². The maximum atomic E-state index is 13.0. The van der Waals surface area contributed by atoms with E-state index in [1.807, 2.05) is 11.4 Å². The molecule has 0 aliphatic rings. The maximum absolute atomic E-state index is 13.0. The van der Waals surface area contributed by atoms with Gasteiger partial charge in [-0.25, -0.2) is 14.4 Å². The van der Waals surface area contributed by atoms with Gasteiger partial charge in [-0.15, -0.1) is 11.3 Å². The fourth-order valence-electron chi connectivity index (χ4n) is 2.41. The molecule has 130 valence electrons. The van der Waals surface area contributed by atoms with Crippen molar-refractivity contribution in [2.45, 2.75) is 10.1 Å². The number of aromatic nitrogens is 3. The van der Waals surface area contributed by atoms with Gasteiger partial charge >= 0.3 is 0 Å². The van der Waals surface area contributed by atoms with Crippen molar-refractivity contribution in [2.24, 2.45) is 0 Å². The summed E-state index contributed by atoms with van der Waals surface area (Å²) in [5.74, 6) is 0.289. The average molecular weight is 448 g/mol. The Morgan fingerprint density at radius 2 is 1.96 bits per heavy atom. The highest BCUT2D eigenvalue weighted by Gasteiger charge is 2.08. The molecular weight excluding hydrogens is 437 g/mol. The third-order valence-electron chi connectivity index (χ3n) is 3.64. The Morgan fingerprint density at radius 1 is 1.15 bits per heavy atom. The predicted octanol–water partition coefficient (Wildman–Crippen LogP) is 5.01. The van der Waals surface area contributed by atoms with Crippen LogP contribution >= 0.6 is 39.0 Å². The molecule has 8 heteroatoms. The lowest BCUT2D eigenvalue weighted by molar-refractivity contribution is 0.628. The summed E-state index contributed by atoms with van der Waals surface area (Å²) in [7, 11) is 0. The van der Waals surface area contributed by atoms with Gasteiger partial charge in [0, 0.05) is 33.4 Å². The fourth-order valence-corrected chi connectivity index (χ4v) is 4.48. The van der Waals surface area contributed by atoms with Crippen LogP contribution in [0.2, 0.25) is 0 Å². The predicted molar refractivity (Wildman–Crippen MR) is 106 cm³/mol. The topological polar surface area (TPSA) is 47.3 Å².